The van der Waals surface area contributed by atoms with Crippen molar-refractivity contribution < 1.29 is 28.7 Å². The van der Waals surface area contributed by atoms with Crippen molar-refractivity contribution in [3.63, 3.8) is 0 Å². The summed E-state index contributed by atoms with van der Waals surface area (Å²) < 4.78 is 9.37. The summed E-state index contributed by atoms with van der Waals surface area (Å²) in [5.41, 5.74) is 0. The molecule has 0 radical (unpaired) electrons. The molecule has 0 aromatic heterocycles. The number of piperazine rings is 1. The van der Waals surface area contributed by atoms with Crippen molar-refractivity contribution in [2.24, 2.45) is 0 Å². The van der Waals surface area contributed by atoms with E-state index >= 15 is 0 Å². The summed E-state index contributed by atoms with van der Waals surface area (Å²) in [6.07, 6.45) is 0. The van der Waals surface area contributed by atoms with Gasteiger partial charge in [-0.2, -0.15) is 0 Å². The van der Waals surface area contributed by atoms with Gasteiger partial charge in [0.15, 0.2) is 0 Å². The number of nitrogens with one attached hydrogen (secondary N) is 1. The van der Waals surface area contributed by atoms with Gasteiger partial charge in [0.2, 0.25) is 17.7 Å². The fourth-order valence-electron chi connectivity index (χ4n) is 2.34. The number of methoxy groups -OCH3 is 2. The van der Waals surface area contributed by atoms with Gasteiger partial charge in [-0.1, -0.05) is 0 Å². The smallest absolute Gasteiger partial charge is 0.328 e. The zero-order valence-corrected chi connectivity index (χ0v) is 13.8. The Morgan fingerprint density at radius 1 is 1.22 bits per heavy atom. The number of hydrogen-bond donors (Lipinski definition) is 1. The van der Waals surface area contributed by atoms with Crippen molar-refractivity contribution in [2.45, 2.75) is 25.9 Å². The minimum atomic E-state index is -0.873. The predicted octanol–water partition coefficient (Wildman–Crippen LogP) is -1.63. The second kappa shape index (κ2) is 8.47. The third-order valence-corrected chi connectivity index (χ3v) is 3.63. The van der Waals surface area contributed by atoms with Gasteiger partial charge >= 0.3 is 5.97 Å². The van der Waals surface area contributed by atoms with Gasteiger partial charge < -0.3 is 24.6 Å². The molecule has 1 saturated heterocycles. The maximum absolute atomic E-state index is 12.4. The molecule has 2 unspecified atom stereocenters. The molecule has 0 aromatic carbocycles. The molecule has 1 fully saturated rings. The lowest BCUT2D eigenvalue weighted by Gasteiger charge is -2.40. The Balaban J connectivity index is 2.87. The minimum absolute atomic E-state index is 0.0739. The third kappa shape index (κ3) is 4.92. The minimum Gasteiger partial charge on any atom is -0.467 e. The Hall–Kier alpha value is -2.16. The van der Waals surface area contributed by atoms with Gasteiger partial charge in [0.1, 0.15) is 18.7 Å². The first-order valence-electron chi connectivity index (χ1n) is 7.24. The largest absolute Gasteiger partial charge is 0.467 e. The number of hydrogen-bond acceptors (Lipinski definition) is 6. The van der Waals surface area contributed by atoms with Gasteiger partial charge in [0.25, 0.3) is 0 Å². The Morgan fingerprint density at radius 3 is 2.39 bits per heavy atom. The lowest BCUT2D eigenvalue weighted by Crippen LogP contribution is -2.62. The molecule has 0 spiro atoms. The second-order valence-electron chi connectivity index (χ2n) is 5.25. The van der Waals surface area contributed by atoms with Crippen LogP contribution < -0.4 is 5.32 Å². The van der Waals surface area contributed by atoms with Gasteiger partial charge in [-0.15, -0.1) is 0 Å². The van der Waals surface area contributed by atoms with Crippen LogP contribution in [0, 0.1) is 0 Å². The highest BCUT2D eigenvalue weighted by atomic mass is 16.5. The molecule has 0 saturated carbocycles. The number of carbonyl (C=O) groups excluding carboxylic acids is 4. The van der Waals surface area contributed by atoms with E-state index in [2.05, 4.69) is 10.1 Å². The quantitative estimate of drug-likeness (QED) is 0.607. The van der Waals surface area contributed by atoms with Gasteiger partial charge in [-0.25, -0.2) is 4.79 Å². The van der Waals surface area contributed by atoms with Crippen LogP contribution in [0.4, 0.5) is 0 Å². The topological polar surface area (TPSA) is 105 Å². The summed E-state index contributed by atoms with van der Waals surface area (Å²) in [7, 11) is 2.61. The third-order valence-electron chi connectivity index (χ3n) is 3.63. The average Bonchev–Trinajstić information content (AvgIpc) is 2.53. The first-order chi connectivity index (χ1) is 10.8. The van der Waals surface area contributed by atoms with Crippen LogP contribution >= 0.6 is 0 Å². The summed E-state index contributed by atoms with van der Waals surface area (Å²) in [6.45, 7) is 3.38. The summed E-state index contributed by atoms with van der Waals surface area (Å²) in [5, 5.41) is 2.50. The number of esters is 1. The fourth-order valence-corrected chi connectivity index (χ4v) is 2.34. The Morgan fingerprint density at radius 2 is 1.87 bits per heavy atom. The molecule has 3 amide bonds. The number of carbonyl (C=O) groups is 4. The molecular weight excluding hydrogens is 306 g/mol. The molecule has 2 atom stereocenters. The van der Waals surface area contributed by atoms with E-state index in [1.165, 1.54) is 37.9 Å². The van der Waals surface area contributed by atoms with Crippen LogP contribution in [0.25, 0.3) is 0 Å². The number of amides is 3. The van der Waals surface area contributed by atoms with Crippen LogP contribution in [0.15, 0.2) is 0 Å². The van der Waals surface area contributed by atoms with E-state index in [0.29, 0.717) is 6.54 Å². The fraction of sp³-hybridized carbons (Fsp3) is 0.714. The van der Waals surface area contributed by atoms with Gasteiger partial charge in [-0.3, -0.25) is 14.4 Å². The molecule has 1 rings (SSSR count). The molecule has 0 bridgehead atoms. The highest BCUT2D eigenvalue weighted by molar-refractivity contribution is 5.91. The van der Waals surface area contributed by atoms with Crippen LogP contribution in [-0.4, -0.2) is 86.0 Å². The first-order valence-corrected chi connectivity index (χ1v) is 7.24. The normalized spacial score (nSPS) is 19.0. The summed E-state index contributed by atoms with van der Waals surface area (Å²) in [4.78, 5) is 50.3. The van der Waals surface area contributed by atoms with E-state index in [1.54, 1.807) is 0 Å². The predicted molar refractivity (Wildman–Crippen MR) is 79.3 cm³/mol. The molecule has 1 aliphatic rings. The molecule has 130 valence electrons. The van der Waals surface area contributed by atoms with Gasteiger partial charge in [-0.05, 0) is 6.92 Å². The lowest BCUT2D eigenvalue weighted by atomic mass is 10.1. The Labute approximate surface area is 134 Å². The van der Waals surface area contributed by atoms with E-state index in [4.69, 9.17) is 4.74 Å². The number of nitrogens with zero attached hydrogens (tertiary/aromatic N) is 2. The Kier molecular flexibility index (Phi) is 6.95. The van der Waals surface area contributed by atoms with E-state index in [9.17, 15) is 19.2 Å². The van der Waals surface area contributed by atoms with Crippen molar-refractivity contribution >= 4 is 23.7 Å². The zero-order valence-electron chi connectivity index (χ0n) is 13.8. The van der Waals surface area contributed by atoms with Crippen LogP contribution in [0.2, 0.25) is 0 Å². The van der Waals surface area contributed by atoms with Crippen LogP contribution in [0.5, 0.6) is 0 Å². The van der Waals surface area contributed by atoms with E-state index < -0.39 is 24.0 Å². The molecule has 1 aliphatic heterocycles. The second-order valence-corrected chi connectivity index (χ2v) is 5.25. The summed E-state index contributed by atoms with van der Waals surface area (Å²) in [6, 6.07) is -1.72. The maximum Gasteiger partial charge on any atom is 0.328 e. The van der Waals surface area contributed by atoms with Crippen LogP contribution in [-0.2, 0) is 28.7 Å². The van der Waals surface area contributed by atoms with Crippen molar-refractivity contribution in [3.8, 4) is 0 Å². The van der Waals surface area contributed by atoms with Crippen LogP contribution in [0.3, 0.4) is 0 Å². The zero-order chi connectivity index (χ0) is 17.6. The lowest BCUT2D eigenvalue weighted by molar-refractivity contribution is -0.152. The van der Waals surface area contributed by atoms with Gasteiger partial charge in [0, 0.05) is 27.1 Å². The molecule has 0 aliphatic carbocycles. The molecule has 1 heterocycles. The van der Waals surface area contributed by atoms with E-state index in [1.807, 2.05) is 0 Å². The first kappa shape index (κ1) is 18.9. The van der Waals surface area contributed by atoms with Crippen molar-refractivity contribution in [1.82, 2.24) is 15.1 Å². The van der Waals surface area contributed by atoms with Crippen LogP contribution in [0.1, 0.15) is 13.8 Å². The summed E-state index contributed by atoms with van der Waals surface area (Å²) >= 11 is 0. The Bertz CT molecular complexity index is 481. The summed E-state index contributed by atoms with van der Waals surface area (Å²) in [5.74, 6) is -1.63. The highest BCUT2D eigenvalue weighted by Crippen LogP contribution is 2.12. The maximum atomic E-state index is 12.4. The molecule has 9 heteroatoms. The molecule has 23 heavy (non-hydrogen) atoms. The number of rotatable bonds is 5. The SMILES string of the molecule is COCC(=O)N1CCN(C(C)=O)CC1C(=O)NC(C)C(=O)OC. The standard InChI is InChI=1S/C14H23N3O6/c1-9(14(21)23-4)15-13(20)11-7-16(10(2)18)5-6-17(11)12(19)8-22-3/h9,11H,5-8H2,1-4H3,(H,15,20). The number of ether oxygens (including phenoxy) is 2. The van der Waals surface area contributed by atoms with Crippen molar-refractivity contribution in [2.75, 3.05) is 40.5 Å². The van der Waals surface area contributed by atoms with Crippen molar-refractivity contribution in [1.29, 1.82) is 0 Å². The van der Waals surface area contributed by atoms with Crippen molar-refractivity contribution in [3.05, 3.63) is 0 Å². The molecule has 0 aromatic rings. The molecule has 9 nitrogen and oxygen atoms in total. The highest BCUT2D eigenvalue weighted by Gasteiger charge is 2.37. The molecule has 1 N–H and O–H groups in total. The van der Waals surface area contributed by atoms with E-state index in [-0.39, 0.29) is 31.5 Å². The molecular formula is C14H23N3O6. The van der Waals surface area contributed by atoms with E-state index in [0.717, 1.165) is 0 Å². The van der Waals surface area contributed by atoms with Gasteiger partial charge in [0.05, 0.1) is 13.7 Å². The monoisotopic (exact) mass is 329 g/mol. The average molecular weight is 329 g/mol.